The molecule has 0 unspecified atom stereocenters. The Morgan fingerprint density at radius 2 is 1.96 bits per heavy atom. The summed E-state index contributed by atoms with van der Waals surface area (Å²) in [6.07, 6.45) is 6.38. The summed E-state index contributed by atoms with van der Waals surface area (Å²) in [5, 5.41) is 13.0. The van der Waals surface area contributed by atoms with Crippen molar-refractivity contribution in [3.05, 3.63) is 53.2 Å². The van der Waals surface area contributed by atoms with Crippen molar-refractivity contribution in [2.45, 2.75) is 25.7 Å². The van der Waals surface area contributed by atoms with Crippen LogP contribution in [0.1, 0.15) is 29.5 Å². The highest BCUT2D eigenvalue weighted by molar-refractivity contribution is 7.99. The molecule has 1 aliphatic heterocycles. The maximum Gasteiger partial charge on any atom is 0.219 e. The maximum atomic E-state index is 9.45. The number of benzene rings is 1. The highest BCUT2D eigenvalue weighted by atomic mass is 32.2. The summed E-state index contributed by atoms with van der Waals surface area (Å²) in [7, 11) is 0. The molecule has 1 aromatic heterocycles. The number of aromatic nitrogens is 1. The zero-order valence-corrected chi connectivity index (χ0v) is 15.5. The Hall–Kier alpha value is -2.21. The van der Waals surface area contributed by atoms with E-state index in [1.165, 1.54) is 24.0 Å². The third-order valence-electron chi connectivity index (χ3n) is 4.97. The quantitative estimate of drug-likeness (QED) is 0.384. The average Bonchev–Trinajstić information content (AvgIpc) is 2.71. The zero-order valence-electron chi connectivity index (χ0n) is 14.7. The Morgan fingerprint density at radius 1 is 1.12 bits per heavy atom. The predicted octanol–water partition coefficient (Wildman–Crippen LogP) is 3.94. The Morgan fingerprint density at radius 3 is 2.73 bits per heavy atom. The molecular weight excluding hydrogens is 346 g/mol. The number of ether oxygens (including phenoxy) is 1. The van der Waals surface area contributed by atoms with Crippen molar-refractivity contribution < 1.29 is 9.94 Å². The standard InChI is InChI=1S/C20H23N3O2S/c24-22-20(23-10-12-26-13-11-23)16-8-9-19(21-14-16)25-18-7-3-5-15-4-1-2-6-17(15)18/h3,5,7-9,14,24H,1-2,4,6,10-13H2/b22-20-. The van der Waals surface area contributed by atoms with Crippen molar-refractivity contribution in [2.24, 2.45) is 5.16 Å². The van der Waals surface area contributed by atoms with Gasteiger partial charge in [-0.2, -0.15) is 11.8 Å². The molecule has 0 radical (unpaired) electrons. The molecule has 4 rings (SSSR count). The molecule has 1 aliphatic carbocycles. The normalized spacial score (nSPS) is 17.7. The number of hydrogen-bond donors (Lipinski definition) is 1. The average molecular weight is 369 g/mol. The summed E-state index contributed by atoms with van der Waals surface area (Å²) < 4.78 is 6.06. The molecular formula is C20H23N3O2S. The van der Waals surface area contributed by atoms with Gasteiger partial charge in [-0.05, 0) is 48.9 Å². The van der Waals surface area contributed by atoms with Crippen molar-refractivity contribution >= 4 is 17.6 Å². The van der Waals surface area contributed by atoms with Crippen LogP contribution >= 0.6 is 11.8 Å². The number of pyridine rings is 1. The molecule has 0 atom stereocenters. The Labute approximate surface area is 158 Å². The first-order valence-corrected chi connectivity index (χ1v) is 10.3. The minimum atomic E-state index is 0.569. The van der Waals surface area contributed by atoms with Gasteiger partial charge in [0.25, 0.3) is 0 Å². The number of amidine groups is 1. The lowest BCUT2D eigenvalue weighted by molar-refractivity contribution is 0.303. The van der Waals surface area contributed by atoms with Crippen molar-refractivity contribution in [3.8, 4) is 11.6 Å². The van der Waals surface area contributed by atoms with E-state index in [0.29, 0.717) is 11.7 Å². The summed E-state index contributed by atoms with van der Waals surface area (Å²) >= 11 is 1.92. The van der Waals surface area contributed by atoms with Gasteiger partial charge in [-0.3, -0.25) is 0 Å². The van der Waals surface area contributed by atoms with Gasteiger partial charge in [0, 0.05) is 42.4 Å². The summed E-state index contributed by atoms with van der Waals surface area (Å²) in [5.74, 6) is 4.16. The zero-order chi connectivity index (χ0) is 17.8. The summed E-state index contributed by atoms with van der Waals surface area (Å²) in [6, 6.07) is 10.0. The summed E-state index contributed by atoms with van der Waals surface area (Å²) in [6.45, 7) is 1.77. The van der Waals surface area contributed by atoms with E-state index < -0.39 is 0 Å². The molecule has 0 amide bonds. The van der Waals surface area contributed by atoms with Gasteiger partial charge >= 0.3 is 0 Å². The van der Waals surface area contributed by atoms with Gasteiger partial charge < -0.3 is 14.8 Å². The van der Waals surface area contributed by atoms with Crippen molar-refractivity contribution in [1.82, 2.24) is 9.88 Å². The van der Waals surface area contributed by atoms with Crippen LogP contribution in [-0.4, -0.2) is 45.5 Å². The molecule has 26 heavy (non-hydrogen) atoms. The first-order chi connectivity index (χ1) is 12.8. The first kappa shape index (κ1) is 17.2. The highest BCUT2D eigenvalue weighted by Gasteiger charge is 2.18. The number of nitrogens with zero attached hydrogens (tertiary/aromatic N) is 3. The van der Waals surface area contributed by atoms with Gasteiger partial charge in [0.15, 0.2) is 5.84 Å². The second-order valence-corrected chi connectivity index (χ2v) is 7.84. The van der Waals surface area contributed by atoms with Crippen LogP contribution in [0.25, 0.3) is 0 Å². The van der Waals surface area contributed by atoms with Gasteiger partial charge in [-0.15, -0.1) is 0 Å². The molecule has 0 saturated carbocycles. The van der Waals surface area contributed by atoms with Crippen LogP contribution in [0.15, 0.2) is 41.7 Å². The van der Waals surface area contributed by atoms with Gasteiger partial charge in [-0.1, -0.05) is 17.3 Å². The Balaban J connectivity index is 1.51. The molecule has 2 aromatic rings. The van der Waals surface area contributed by atoms with E-state index in [1.807, 2.05) is 30.0 Å². The predicted molar refractivity (Wildman–Crippen MR) is 105 cm³/mol. The first-order valence-electron chi connectivity index (χ1n) is 9.15. The fraction of sp³-hybridized carbons (Fsp3) is 0.400. The van der Waals surface area contributed by atoms with E-state index in [2.05, 4.69) is 27.2 Å². The molecule has 1 saturated heterocycles. The number of rotatable bonds is 3. The lowest BCUT2D eigenvalue weighted by Crippen LogP contribution is -2.38. The van der Waals surface area contributed by atoms with Crippen LogP contribution in [0.4, 0.5) is 0 Å². The molecule has 1 fully saturated rings. The molecule has 136 valence electrons. The van der Waals surface area contributed by atoms with Gasteiger partial charge in [-0.25, -0.2) is 4.98 Å². The molecule has 5 nitrogen and oxygen atoms in total. The molecule has 2 aliphatic rings. The van der Waals surface area contributed by atoms with Crippen LogP contribution < -0.4 is 4.74 Å². The van der Waals surface area contributed by atoms with Gasteiger partial charge in [0.05, 0.1) is 0 Å². The van der Waals surface area contributed by atoms with Gasteiger partial charge in [0.2, 0.25) is 5.88 Å². The third kappa shape index (κ3) is 3.65. The smallest absolute Gasteiger partial charge is 0.219 e. The van der Waals surface area contributed by atoms with Crippen LogP contribution in [-0.2, 0) is 12.8 Å². The fourth-order valence-corrected chi connectivity index (χ4v) is 4.51. The molecule has 6 heteroatoms. The Bertz CT molecular complexity index is 786. The SMILES string of the molecule is O/N=C(/c1ccc(Oc2cccc3c2CCCC3)nc1)N1CCSCC1. The number of oxime groups is 1. The number of fused-ring (bicyclic) bond motifs is 1. The van der Waals surface area contributed by atoms with E-state index in [0.717, 1.165) is 48.7 Å². The summed E-state index contributed by atoms with van der Waals surface area (Å²) in [4.78, 5) is 6.54. The lowest BCUT2D eigenvalue weighted by atomic mass is 9.91. The number of thioether (sulfide) groups is 1. The van der Waals surface area contributed by atoms with E-state index >= 15 is 0 Å². The van der Waals surface area contributed by atoms with Crippen molar-refractivity contribution in [1.29, 1.82) is 0 Å². The maximum absolute atomic E-state index is 9.45. The fourth-order valence-electron chi connectivity index (χ4n) is 3.61. The second kappa shape index (κ2) is 7.99. The minimum absolute atomic E-state index is 0.569. The van der Waals surface area contributed by atoms with Crippen LogP contribution in [0, 0.1) is 0 Å². The molecule has 0 spiro atoms. The van der Waals surface area contributed by atoms with Crippen LogP contribution in [0.3, 0.4) is 0 Å². The van der Waals surface area contributed by atoms with E-state index in [1.54, 1.807) is 6.20 Å². The third-order valence-corrected chi connectivity index (χ3v) is 5.91. The van der Waals surface area contributed by atoms with E-state index in [-0.39, 0.29) is 0 Å². The highest BCUT2D eigenvalue weighted by Crippen LogP contribution is 2.32. The van der Waals surface area contributed by atoms with Crippen molar-refractivity contribution in [2.75, 3.05) is 24.6 Å². The van der Waals surface area contributed by atoms with Crippen LogP contribution in [0.5, 0.6) is 11.6 Å². The lowest BCUT2D eigenvalue weighted by Gasteiger charge is -2.28. The van der Waals surface area contributed by atoms with E-state index in [4.69, 9.17) is 4.74 Å². The van der Waals surface area contributed by atoms with Crippen molar-refractivity contribution in [3.63, 3.8) is 0 Å². The summed E-state index contributed by atoms with van der Waals surface area (Å²) in [5.41, 5.74) is 3.51. The second-order valence-electron chi connectivity index (χ2n) is 6.61. The molecule has 0 bridgehead atoms. The molecule has 1 aromatic carbocycles. The van der Waals surface area contributed by atoms with Crippen LogP contribution in [0.2, 0.25) is 0 Å². The topological polar surface area (TPSA) is 58.0 Å². The van der Waals surface area contributed by atoms with E-state index in [9.17, 15) is 5.21 Å². The minimum Gasteiger partial charge on any atom is -0.439 e. The number of aryl methyl sites for hydroxylation is 1. The largest absolute Gasteiger partial charge is 0.439 e. The monoisotopic (exact) mass is 369 g/mol. The molecule has 1 N–H and O–H groups in total. The Kier molecular flexibility index (Phi) is 5.29. The number of hydrogen-bond acceptors (Lipinski definition) is 5. The van der Waals surface area contributed by atoms with Gasteiger partial charge in [0.1, 0.15) is 5.75 Å². The molecule has 2 heterocycles.